The van der Waals surface area contributed by atoms with Crippen LogP contribution in [-0.2, 0) is 9.59 Å². The number of ketones is 1. The van der Waals surface area contributed by atoms with Gasteiger partial charge in [0, 0.05) is 25.9 Å². The van der Waals surface area contributed by atoms with Crippen LogP contribution in [0.5, 0.6) is 0 Å². The lowest BCUT2D eigenvalue weighted by Gasteiger charge is -2.30. The monoisotopic (exact) mass is 425 g/mol. The number of hydrogen-bond donors (Lipinski definition) is 0. The van der Waals surface area contributed by atoms with Crippen LogP contribution in [0.1, 0.15) is 73.1 Å². The number of carbonyl (C=O) groups is 2. The summed E-state index contributed by atoms with van der Waals surface area (Å²) in [6.07, 6.45) is 29.4. The molecule has 0 spiro atoms. The van der Waals surface area contributed by atoms with E-state index in [0.717, 1.165) is 25.7 Å². The van der Waals surface area contributed by atoms with E-state index >= 15 is 0 Å². The maximum Gasteiger partial charge on any atom is 0.228 e. The van der Waals surface area contributed by atoms with Crippen LogP contribution in [0.25, 0.3) is 0 Å². The first-order chi connectivity index (χ1) is 14.9. The van der Waals surface area contributed by atoms with Crippen molar-refractivity contribution < 1.29 is 9.59 Å². The summed E-state index contributed by atoms with van der Waals surface area (Å²) in [5.41, 5.74) is -0.648. The maximum absolute atomic E-state index is 12.5. The van der Waals surface area contributed by atoms with Gasteiger partial charge in [-0.15, -0.1) is 0 Å². The van der Waals surface area contributed by atoms with E-state index in [0.29, 0.717) is 19.5 Å². The summed E-state index contributed by atoms with van der Waals surface area (Å²) in [6, 6.07) is 0. The normalized spacial score (nSPS) is 13.2. The van der Waals surface area contributed by atoms with Crippen molar-refractivity contribution in [3.63, 3.8) is 0 Å². The van der Waals surface area contributed by atoms with E-state index in [1.807, 2.05) is 58.1 Å². The van der Waals surface area contributed by atoms with E-state index in [4.69, 9.17) is 0 Å². The van der Waals surface area contributed by atoms with Crippen molar-refractivity contribution in [1.82, 2.24) is 4.90 Å². The number of carbonyl (C=O) groups excluding carboxylic acids is 2. The van der Waals surface area contributed by atoms with E-state index in [1.165, 1.54) is 0 Å². The van der Waals surface area contributed by atoms with Crippen molar-refractivity contribution in [2.75, 3.05) is 13.1 Å². The fourth-order valence-electron chi connectivity index (χ4n) is 3.03. The van der Waals surface area contributed by atoms with Crippen LogP contribution in [-0.4, -0.2) is 29.7 Å². The van der Waals surface area contributed by atoms with Crippen molar-refractivity contribution in [2.45, 2.75) is 73.1 Å². The van der Waals surface area contributed by atoms with Gasteiger partial charge < -0.3 is 4.90 Å². The highest BCUT2D eigenvalue weighted by Crippen LogP contribution is 2.24. The van der Waals surface area contributed by atoms with Crippen molar-refractivity contribution in [2.24, 2.45) is 5.41 Å². The van der Waals surface area contributed by atoms with Gasteiger partial charge in [-0.1, -0.05) is 93.7 Å². The van der Waals surface area contributed by atoms with Crippen LogP contribution >= 0.6 is 0 Å². The lowest BCUT2D eigenvalue weighted by Crippen LogP contribution is -2.41. The third-order valence-corrected chi connectivity index (χ3v) is 4.77. The molecule has 0 rings (SSSR count). The standard InChI is InChI=1S/C28H43NO2/c1-6-9-10-11-12-13-14-15-16-17-18-19-20-21-22-23-24-26(30)25-28(4,5)27(31)29(7-2)8-3/h9-10,12-13,15-16,18-23H,6-8,11,14,17,24-25H2,1-5H3/b10-9-,13-12-,16-15-,19-18-,21-20+,23-22+. The number of hydrogen-bond acceptors (Lipinski definition) is 2. The van der Waals surface area contributed by atoms with Gasteiger partial charge >= 0.3 is 0 Å². The van der Waals surface area contributed by atoms with E-state index < -0.39 is 5.41 Å². The average Bonchev–Trinajstić information content (AvgIpc) is 2.73. The first-order valence-electron chi connectivity index (χ1n) is 11.6. The summed E-state index contributed by atoms with van der Waals surface area (Å²) in [5, 5.41) is 0. The number of allylic oxidation sites excluding steroid dienone is 12. The molecule has 3 heteroatoms. The molecule has 1 amide bonds. The van der Waals surface area contributed by atoms with Gasteiger partial charge in [0.15, 0.2) is 0 Å². The molecule has 0 aromatic carbocycles. The first-order valence-corrected chi connectivity index (χ1v) is 11.6. The summed E-state index contributed by atoms with van der Waals surface area (Å²) in [5.74, 6) is 0.139. The molecule has 0 radical (unpaired) electrons. The Kier molecular flexibility index (Phi) is 16.9. The molecule has 3 nitrogen and oxygen atoms in total. The summed E-state index contributed by atoms with van der Waals surface area (Å²) < 4.78 is 0. The fraction of sp³-hybridized carbons (Fsp3) is 0.500. The van der Waals surface area contributed by atoms with Gasteiger partial charge in [-0.3, -0.25) is 9.59 Å². The highest BCUT2D eigenvalue weighted by molar-refractivity contribution is 5.89. The highest BCUT2D eigenvalue weighted by atomic mass is 16.2. The van der Waals surface area contributed by atoms with Crippen LogP contribution in [0.2, 0.25) is 0 Å². The third kappa shape index (κ3) is 15.1. The molecule has 0 saturated carbocycles. The molecule has 0 N–H and O–H groups in total. The van der Waals surface area contributed by atoms with Gasteiger partial charge in [0.25, 0.3) is 0 Å². The minimum absolute atomic E-state index is 0.0501. The summed E-state index contributed by atoms with van der Waals surface area (Å²) in [7, 11) is 0. The molecule has 0 fully saturated rings. The van der Waals surface area contributed by atoms with Crippen molar-refractivity contribution in [1.29, 1.82) is 0 Å². The minimum Gasteiger partial charge on any atom is -0.343 e. The average molecular weight is 426 g/mol. The fourth-order valence-corrected chi connectivity index (χ4v) is 3.03. The quantitative estimate of drug-likeness (QED) is 0.194. The minimum atomic E-state index is -0.648. The van der Waals surface area contributed by atoms with Crippen molar-refractivity contribution >= 4 is 11.7 Å². The summed E-state index contributed by atoms with van der Waals surface area (Å²) >= 11 is 0. The second kappa shape index (κ2) is 18.4. The Morgan fingerprint density at radius 1 is 0.677 bits per heavy atom. The van der Waals surface area contributed by atoms with Gasteiger partial charge in [0.1, 0.15) is 5.78 Å². The molecule has 0 bridgehead atoms. The van der Waals surface area contributed by atoms with E-state index in [-0.39, 0.29) is 18.1 Å². The second-order valence-corrected chi connectivity index (χ2v) is 8.05. The molecule has 0 heterocycles. The Labute approximate surface area is 191 Å². The summed E-state index contributed by atoms with van der Waals surface area (Å²) in [4.78, 5) is 26.5. The Hall–Kier alpha value is -2.42. The number of nitrogens with zero attached hydrogens (tertiary/aromatic N) is 1. The zero-order valence-electron chi connectivity index (χ0n) is 20.3. The molecular weight excluding hydrogens is 382 g/mol. The van der Waals surface area contributed by atoms with E-state index in [1.54, 1.807) is 4.90 Å². The summed E-state index contributed by atoms with van der Waals surface area (Å²) in [6.45, 7) is 11.1. The Bertz CT molecular complexity index is 671. The number of rotatable bonds is 16. The molecule has 0 aromatic heterocycles. The smallest absolute Gasteiger partial charge is 0.228 e. The zero-order chi connectivity index (χ0) is 23.4. The van der Waals surface area contributed by atoms with Crippen molar-refractivity contribution in [3.05, 3.63) is 72.9 Å². The van der Waals surface area contributed by atoms with Crippen LogP contribution in [0.15, 0.2) is 72.9 Å². The Morgan fingerprint density at radius 3 is 1.68 bits per heavy atom. The molecule has 0 aliphatic rings. The largest absolute Gasteiger partial charge is 0.343 e. The van der Waals surface area contributed by atoms with Gasteiger partial charge in [-0.2, -0.15) is 0 Å². The SMILES string of the molecule is CC/C=C\C/C=C\C/C=C\C\C=C/C=C/C=C/CC(=O)CC(C)(C)C(=O)N(CC)CC. The second-order valence-electron chi connectivity index (χ2n) is 8.05. The first kappa shape index (κ1) is 28.6. The van der Waals surface area contributed by atoms with Gasteiger partial charge in [0.05, 0.1) is 5.41 Å². The topological polar surface area (TPSA) is 37.4 Å². The molecule has 31 heavy (non-hydrogen) atoms. The molecule has 0 atom stereocenters. The molecule has 0 saturated heterocycles. The Balaban J connectivity index is 4.11. The molecule has 0 aliphatic carbocycles. The lowest BCUT2D eigenvalue weighted by atomic mass is 9.85. The predicted octanol–water partition coefficient (Wildman–Crippen LogP) is 7.15. The number of amides is 1. The van der Waals surface area contributed by atoms with Crippen LogP contribution < -0.4 is 0 Å². The van der Waals surface area contributed by atoms with Crippen LogP contribution in [0.4, 0.5) is 0 Å². The molecule has 172 valence electrons. The Morgan fingerprint density at radius 2 is 1.16 bits per heavy atom. The molecule has 0 unspecified atom stereocenters. The predicted molar refractivity (Wildman–Crippen MR) is 135 cm³/mol. The van der Waals surface area contributed by atoms with E-state index in [9.17, 15) is 9.59 Å². The molecular formula is C28H43NO2. The van der Waals surface area contributed by atoms with Gasteiger partial charge in [-0.25, -0.2) is 0 Å². The van der Waals surface area contributed by atoms with E-state index in [2.05, 4.69) is 49.5 Å². The molecule has 0 aromatic rings. The zero-order valence-corrected chi connectivity index (χ0v) is 20.3. The van der Waals surface area contributed by atoms with Gasteiger partial charge in [-0.05, 0) is 39.5 Å². The molecule has 0 aliphatic heterocycles. The maximum atomic E-state index is 12.5. The lowest BCUT2D eigenvalue weighted by molar-refractivity contribution is -0.142. The number of Topliss-reactive ketones (excluding diaryl/α,β-unsaturated/α-hetero) is 1. The van der Waals surface area contributed by atoms with Gasteiger partial charge in [0.2, 0.25) is 5.91 Å². The van der Waals surface area contributed by atoms with Crippen LogP contribution in [0.3, 0.4) is 0 Å². The van der Waals surface area contributed by atoms with Crippen molar-refractivity contribution in [3.8, 4) is 0 Å². The third-order valence-electron chi connectivity index (χ3n) is 4.77. The van der Waals surface area contributed by atoms with Crippen LogP contribution in [0, 0.1) is 5.41 Å². The highest BCUT2D eigenvalue weighted by Gasteiger charge is 2.32.